The van der Waals surface area contributed by atoms with Gasteiger partial charge in [-0.05, 0) is 56.9 Å². The van der Waals surface area contributed by atoms with Crippen molar-refractivity contribution in [3.05, 3.63) is 59.4 Å². The Labute approximate surface area is 199 Å². The molecule has 0 atom stereocenters. The van der Waals surface area contributed by atoms with Crippen LogP contribution < -0.4 is 21.5 Å². The van der Waals surface area contributed by atoms with Crippen LogP contribution in [0.15, 0.2) is 42.6 Å². The number of carbonyl (C=O) groups excluding carboxylic acids is 3. The predicted molar refractivity (Wildman–Crippen MR) is 128 cm³/mol. The first kappa shape index (κ1) is 26.4. The lowest BCUT2D eigenvalue weighted by Gasteiger charge is -2.19. The summed E-state index contributed by atoms with van der Waals surface area (Å²) in [6.45, 7) is 7.92. The highest BCUT2D eigenvalue weighted by molar-refractivity contribution is 5.74. The second-order valence-electron chi connectivity index (χ2n) is 8.59. The van der Waals surface area contributed by atoms with Gasteiger partial charge in [0.15, 0.2) is 0 Å². The van der Waals surface area contributed by atoms with E-state index in [0.717, 1.165) is 35.3 Å². The Morgan fingerprint density at radius 1 is 0.882 bits per heavy atom. The number of pyridine rings is 1. The van der Waals surface area contributed by atoms with Crippen molar-refractivity contribution >= 4 is 23.8 Å². The maximum Gasteiger partial charge on any atom is 0.426 e. The molecule has 0 bridgehead atoms. The molecule has 0 unspecified atom stereocenters. The lowest BCUT2D eigenvalue weighted by atomic mass is 10.1. The Hall–Kier alpha value is -3.82. The number of anilines is 1. The SMILES string of the molecule is CC(=O)NCCNc1ccc(CCc2ccc(COC(=O)NNC(=O)OC(C)(C)C)cc2)nc1. The van der Waals surface area contributed by atoms with Crippen LogP contribution in [0.5, 0.6) is 0 Å². The quantitative estimate of drug-likeness (QED) is 0.327. The van der Waals surface area contributed by atoms with Crippen molar-refractivity contribution in [1.82, 2.24) is 21.2 Å². The molecule has 1 aromatic heterocycles. The molecule has 0 saturated heterocycles. The van der Waals surface area contributed by atoms with Crippen LogP contribution in [0.4, 0.5) is 15.3 Å². The van der Waals surface area contributed by atoms with Gasteiger partial charge < -0.3 is 20.1 Å². The van der Waals surface area contributed by atoms with E-state index in [4.69, 9.17) is 9.47 Å². The fraction of sp³-hybridized carbons (Fsp3) is 0.417. The maximum atomic E-state index is 11.7. The van der Waals surface area contributed by atoms with Crippen LogP contribution in [-0.4, -0.2) is 41.8 Å². The van der Waals surface area contributed by atoms with E-state index in [9.17, 15) is 14.4 Å². The summed E-state index contributed by atoms with van der Waals surface area (Å²) in [7, 11) is 0. The number of aromatic nitrogens is 1. The summed E-state index contributed by atoms with van der Waals surface area (Å²) < 4.78 is 10.1. The third-order valence-electron chi connectivity index (χ3n) is 4.38. The summed E-state index contributed by atoms with van der Waals surface area (Å²) >= 11 is 0. The highest BCUT2D eigenvalue weighted by atomic mass is 16.6. The molecule has 184 valence electrons. The summed E-state index contributed by atoms with van der Waals surface area (Å²) in [5.41, 5.74) is 7.44. The Balaban J connectivity index is 1.68. The molecule has 0 aliphatic rings. The van der Waals surface area contributed by atoms with Gasteiger partial charge in [-0.15, -0.1) is 0 Å². The van der Waals surface area contributed by atoms with Gasteiger partial charge in [-0.1, -0.05) is 24.3 Å². The molecule has 1 heterocycles. The van der Waals surface area contributed by atoms with Crippen LogP contribution in [-0.2, 0) is 33.7 Å². The van der Waals surface area contributed by atoms with Crippen LogP contribution in [0.1, 0.15) is 44.5 Å². The lowest BCUT2D eigenvalue weighted by molar-refractivity contribution is -0.118. The summed E-state index contributed by atoms with van der Waals surface area (Å²) in [4.78, 5) is 38.5. The maximum absolute atomic E-state index is 11.7. The van der Waals surface area contributed by atoms with E-state index in [1.54, 1.807) is 27.0 Å². The molecule has 3 amide bonds. The topological polar surface area (TPSA) is 131 Å². The molecule has 34 heavy (non-hydrogen) atoms. The fourth-order valence-electron chi connectivity index (χ4n) is 2.79. The number of carbonyl (C=O) groups is 3. The molecule has 0 radical (unpaired) electrons. The van der Waals surface area contributed by atoms with E-state index >= 15 is 0 Å². The minimum Gasteiger partial charge on any atom is -0.443 e. The van der Waals surface area contributed by atoms with Gasteiger partial charge in [-0.2, -0.15) is 0 Å². The zero-order valence-electron chi connectivity index (χ0n) is 20.1. The van der Waals surface area contributed by atoms with Gasteiger partial charge in [-0.25, -0.2) is 20.4 Å². The highest BCUT2D eigenvalue weighted by Crippen LogP contribution is 2.11. The van der Waals surface area contributed by atoms with Crippen molar-refractivity contribution in [3.8, 4) is 0 Å². The molecule has 2 rings (SSSR count). The molecular weight excluding hydrogens is 438 g/mol. The smallest absolute Gasteiger partial charge is 0.426 e. The molecular formula is C24H33N5O5. The summed E-state index contributed by atoms with van der Waals surface area (Å²) in [6.07, 6.45) is 1.85. The Morgan fingerprint density at radius 3 is 2.18 bits per heavy atom. The zero-order valence-corrected chi connectivity index (χ0v) is 20.1. The summed E-state index contributed by atoms with van der Waals surface area (Å²) in [5, 5.41) is 5.93. The molecule has 10 nitrogen and oxygen atoms in total. The molecule has 0 fully saturated rings. The molecule has 0 aliphatic carbocycles. The molecule has 0 saturated carbocycles. The van der Waals surface area contributed by atoms with E-state index in [1.165, 1.54) is 6.92 Å². The van der Waals surface area contributed by atoms with Crippen molar-refractivity contribution < 1.29 is 23.9 Å². The van der Waals surface area contributed by atoms with Gasteiger partial charge >= 0.3 is 12.2 Å². The van der Waals surface area contributed by atoms with Crippen molar-refractivity contribution in [2.24, 2.45) is 0 Å². The largest absolute Gasteiger partial charge is 0.443 e. The minimum atomic E-state index is -0.783. The van der Waals surface area contributed by atoms with Crippen molar-refractivity contribution in [3.63, 3.8) is 0 Å². The first-order valence-electron chi connectivity index (χ1n) is 11.0. The van der Waals surface area contributed by atoms with E-state index in [0.29, 0.717) is 13.1 Å². The van der Waals surface area contributed by atoms with Crippen LogP contribution >= 0.6 is 0 Å². The molecule has 10 heteroatoms. The predicted octanol–water partition coefficient (Wildman–Crippen LogP) is 3.08. The van der Waals surface area contributed by atoms with Crippen LogP contribution in [0.3, 0.4) is 0 Å². The van der Waals surface area contributed by atoms with Crippen LogP contribution in [0.25, 0.3) is 0 Å². The first-order valence-corrected chi connectivity index (χ1v) is 11.0. The third kappa shape index (κ3) is 11.2. The molecule has 1 aromatic carbocycles. The van der Waals surface area contributed by atoms with Crippen molar-refractivity contribution in [2.45, 2.75) is 52.7 Å². The number of benzene rings is 1. The van der Waals surface area contributed by atoms with E-state index in [2.05, 4.69) is 26.5 Å². The summed E-state index contributed by atoms with van der Waals surface area (Å²) in [5.74, 6) is -0.0473. The number of hydrogen-bond donors (Lipinski definition) is 4. The number of nitrogens with one attached hydrogen (secondary N) is 4. The average molecular weight is 472 g/mol. The molecule has 4 N–H and O–H groups in total. The molecule has 0 aliphatic heterocycles. The second-order valence-corrected chi connectivity index (χ2v) is 8.59. The van der Waals surface area contributed by atoms with Gasteiger partial charge in [0.1, 0.15) is 12.2 Å². The van der Waals surface area contributed by atoms with Gasteiger partial charge in [0.25, 0.3) is 0 Å². The monoisotopic (exact) mass is 471 g/mol. The zero-order chi connectivity index (χ0) is 25.0. The third-order valence-corrected chi connectivity index (χ3v) is 4.38. The van der Waals surface area contributed by atoms with Crippen LogP contribution in [0, 0.1) is 0 Å². The number of nitrogens with zero attached hydrogens (tertiary/aromatic N) is 1. The Morgan fingerprint density at radius 2 is 1.56 bits per heavy atom. The van der Waals surface area contributed by atoms with Gasteiger partial charge in [0.05, 0.1) is 11.9 Å². The van der Waals surface area contributed by atoms with Crippen molar-refractivity contribution in [1.29, 1.82) is 0 Å². The highest BCUT2D eigenvalue weighted by Gasteiger charge is 2.16. The molecule has 0 spiro atoms. The number of rotatable bonds is 9. The number of hydrazine groups is 1. The van der Waals surface area contributed by atoms with E-state index in [1.807, 2.05) is 36.4 Å². The normalized spacial score (nSPS) is 10.7. The fourth-order valence-corrected chi connectivity index (χ4v) is 2.79. The Kier molecular flexibility index (Phi) is 10.1. The first-order chi connectivity index (χ1) is 16.1. The molecule has 2 aromatic rings. The average Bonchev–Trinajstić information content (AvgIpc) is 2.78. The summed E-state index contributed by atoms with van der Waals surface area (Å²) in [6, 6.07) is 11.7. The number of amides is 3. The van der Waals surface area contributed by atoms with Crippen molar-refractivity contribution in [2.75, 3.05) is 18.4 Å². The number of hydrogen-bond acceptors (Lipinski definition) is 7. The van der Waals surface area contributed by atoms with Gasteiger partial charge in [-0.3, -0.25) is 9.78 Å². The Bertz CT molecular complexity index is 940. The minimum absolute atomic E-state index is 0.0473. The van der Waals surface area contributed by atoms with Gasteiger partial charge in [0.2, 0.25) is 5.91 Å². The van der Waals surface area contributed by atoms with Crippen LogP contribution in [0.2, 0.25) is 0 Å². The van der Waals surface area contributed by atoms with E-state index in [-0.39, 0.29) is 12.5 Å². The van der Waals surface area contributed by atoms with E-state index < -0.39 is 17.8 Å². The van der Waals surface area contributed by atoms with Gasteiger partial charge in [0, 0.05) is 25.7 Å². The standard InChI is InChI=1S/C24H33N5O5/c1-17(30)25-13-14-26-21-12-11-20(27-15-21)10-9-18-5-7-19(8-6-18)16-33-22(31)28-29-23(32)34-24(2,3)4/h5-8,11-12,15,26H,9-10,13-14,16H2,1-4H3,(H,25,30)(H,28,31)(H,29,32). The number of aryl methyl sites for hydroxylation is 2. The number of ether oxygens (including phenoxy) is 2. The second kappa shape index (κ2) is 13.0. The lowest BCUT2D eigenvalue weighted by Crippen LogP contribution is -2.44.